The third kappa shape index (κ3) is 3.85. The van der Waals surface area contributed by atoms with E-state index < -0.39 is 6.04 Å². The van der Waals surface area contributed by atoms with Crippen molar-refractivity contribution >= 4 is 29.5 Å². The van der Waals surface area contributed by atoms with Gasteiger partial charge in [0.25, 0.3) is 0 Å². The molecule has 3 aromatic rings. The van der Waals surface area contributed by atoms with Gasteiger partial charge in [-0.25, -0.2) is 4.39 Å². The zero-order valence-electron chi connectivity index (χ0n) is 13.5. The van der Waals surface area contributed by atoms with E-state index in [0.717, 1.165) is 4.88 Å². The number of halogens is 1. The minimum atomic E-state index is -0.524. The summed E-state index contributed by atoms with van der Waals surface area (Å²) in [7, 11) is 0. The van der Waals surface area contributed by atoms with Crippen molar-refractivity contribution in [3.63, 3.8) is 0 Å². The van der Waals surface area contributed by atoms with E-state index in [2.05, 4.69) is 15.5 Å². The van der Waals surface area contributed by atoms with E-state index in [9.17, 15) is 9.18 Å². The lowest BCUT2D eigenvalue weighted by atomic mass is 10.1. The first-order valence-electron chi connectivity index (χ1n) is 7.80. The van der Waals surface area contributed by atoms with Gasteiger partial charge in [0.15, 0.2) is 10.6 Å². The maximum atomic E-state index is 13.6. The molecule has 25 heavy (non-hydrogen) atoms. The van der Waals surface area contributed by atoms with Crippen molar-refractivity contribution in [3.05, 3.63) is 57.9 Å². The van der Waals surface area contributed by atoms with Crippen LogP contribution in [0, 0.1) is 10.6 Å². The van der Waals surface area contributed by atoms with Crippen LogP contribution in [0.5, 0.6) is 0 Å². The highest BCUT2D eigenvalue weighted by atomic mass is 32.1. The number of hydrogen-bond acceptors (Lipinski definition) is 4. The lowest BCUT2D eigenvalue weighted by Crippen LogP contribution is -2.33. The molecule has 0 aliphatic carbocycles. The predicted octanol–water partition coefficient (Wildman–Crippen LogP) is 3.73. The summed E-state index contributed by atoms with van der Waals surface area (Å²) in [5.74, 6) is 0.185. The Morgan fingerprint density at radius 2 is 2.20 bits per heavy atom. The minimum Gasteiger partial charge on any atom is -0.354 e. The molecular formula is C17H17FN4OS2. The Kier molecular flexibility index (Phi) is 5.40. The zero-order valence-corrected chi connectivity index (χ0v) is 15.2. The first kappa shape index (κ1) is 17.5. The molecule has 0 saturated carbocycles. The van der Waals surface area contributed by atoms with Crippen molar-refractivity contribution in [1.82, 2.24) is 20.1 Å². The number of H-pyrrole nitrogens is 1. The summed E-state index contributed by atoms with van der Waals surface area (Å²) < 4.78 is 15.7. The molecule has 3 rings (SSSR count). The number of carbonyl (C=O) groups is 1. The van der Waals surface area contributed by atoms with Gasteiger partial charge < -0.3 is 5.32 Å². The summed E-state index contributed by atoms with van der Waals surface area (Å²) in [5, 5.41) is 11.7. The molecule has 1 amide bonds. The highest BCUT2D eigenvalue weighted by Gasteiger charge is 2.21. The topological polar surface area (TPSA) is 62.7 Å². The fourth-order valence-electron chi connectivity index (χ4n) is 2.53. The van der Waals surface area contributed by atoms with Crippen molar-refractivity contribution in [1.29, 1.82) is 0 Å². The standard InChI is InChI=1S/C17H17FN4OS2/c1-11(16(23)19-9-8-12-5-2-3-6-13(12)18)22-15(20-21-17(22)24)14-7-4-10-25-14/h2-7,10-11H,8-9H2,1H3,(H,19,23)(H,21,24)/t11-/m0/s1. The molecule has 130 valence electrons. The predicted molar refractivity (Wildman–Crippen MR) is 98.5 cm³/mol. The van der Waals surface area contributed by atoms with Gasteiger partial charge in [0.05, 0.1) is 4.88 Å². The summed E-state index contributed by atoms with van der Waals surface area (Å²) in [4.78, 5) is 13.4. The van der Waals surface area contributed by atoms with E-state index in [4.69, 9.17) is 12.2 Å². The van der Waals surface area contributed by atoms with Gasteiger partial charge in [0, 0.05) is 6.54 Å². The molecule has 5 nitrogen and oxygen atoms in total. The Bertz CT molecular complexity index is 917. The number of nitrogens with zero attached hydrogens (tertiary/aromatic N) is 2. The van der Waals surface area contributed by atoms with Gasteiger partial charge in [0.1, 0.15) is 11.9 Å². The average Bonchev–Trinajstić information content (AvgIpc) is 3.25. The van der Waals surface area contributed by atoms with Crippen LogP contribution in [0.2, 0.25) is 0 Å². The minimum absolute atomic E-state index is 0.188. The van der Waals surface area contributed by atoms with Crippen LogP contribution in [0.1, 0.15) is 18.5 Å². The molecule has 0 aliphatic heterocycles. The molecule has 0 spiro atoms. The van der Waals surface area contributed by atoms with Gasteiger partial charge in [-0.3, -0.25) is 14.5 Å². The van der Waals surface area contributed by atoms with Crippen LogP contribution in [0.3, 0.4) is 0 Å². The molecule has 0 aliphatic rings. The second kappa shape index (κ2) is 7.71. The van der Waals surface area contributed by atoms with Crippen LogP contribution in [-0.4, -0.2) is 27.2 Å². The van der Waals surface area contributed by atoms with Crippen LogP contribution in [0.25, 0.3) is 10.7 Å². The molecule has 2 heterocycles. The molecule has 2 N–H and O–H groups in total. The molecule has 0 bridgehead atoms. The number of thiophene rings is 1. The van der Waals surface area contributed by atoms with Gasteiger partial charge in [-0.1, -0.05) is 24.3 Å². The zero-order chi connectivity index (χ0) is 17.8. The van der Waals surface area contributed by atoms with Crippen molar-refractivity contribution in [2.75, 3.05) is 6.54 Å². The number of aromatic nitrogens is 3. The van der Waals surface area contributed by atoms with Crippen LogP contribution in [-0.2, 0) is 11.2 Å². The Balaban J connectivity index is 1.68. The quantitative estimate of drug-likeness (QED) is 0.645. The highest BCUT2D eigenvalue weighted by Crippen LogP contribution is 2.25. The van der Waals surface area contributed by atoms with Crippen molar-refractivity contribution < 1.29 is 9.18 Å². The molecule has 2 aromatic heterocycles. The van der Waals surface area contributed by atoms with Crippen molar-refractivity contribution in [2.45, 2.75) is 19.4 Å². The van der Waals surface area contributed by atoms with Gasteiger partial charge in [-0.2, -0.15) is 5.10 Å². The van der Waals surface area contributed by atoms with Crippen LogP contribution < -0.4 is 5.32 Å². The summed E-state index contributed by atoms with van der Waals surface area (Å²) in [6, 6.07) is 9.87. The van der Waals surface area contributed by atoms with E-state index in [0.29, 0.717) is 29.1 Å². The summed E-state index contributed by atoms with van der Waals surface area (Å²) >= 11 is 6.79. The summed E-state index contributed by atoms with van der Waals surface area (Å²) in [6.07, 6.45) is 0.430. The molecule has 1 aromatic carbocycles. The largest absolute Gasteiger partial charge is 0.354 e. The average molecular weight is 376 g/mol. The number of rotatable bonds is 6. The molecule has 0 fully saturated rings. The third-order valence-corrected chi connectivity index (χ3v) is 5.02. The smallest absolute Gasteiger partial charge is 0.242 e. The maximum absolute atomic E-state index is 13.6. The maximum Gasteiger partial charge on any atom is 0.242 e. The molecular weight excluding hydrogens is 359 g/mol. The number of hydrogen-bond donors (Lipinski definition) is 2. The lowest BCUT2D eigenvalue weighted by Gasteiger charge is -2.15. The van der Waals surface area contributed by atoms with Gasteiger partial charge in [0.2, 0.25) is 5.91 Å². The second-order valence-corrected chi connectivity index (χ2v) is 6.84. The molecule has 0 radical (unpaired) electrons. The van der Waals surface area contributed by atoms with Crippen molar-refractivity contribution in [2.24, 2.45) is 0 Å². The Labute approximate surface area is 153 Å². The first-order chi connectivity index (χ1) is 12.1. The fourth-order valence-corrected chi connectivity index (χ4v) is 3.53. The number of nitrogens with one attached hydrogen (secondary N) is 2. The summed E-state index contributed by atoms with van der Waals surface area (Å²) in [5.41, 5.74) is 0.578. The monoisotopic (exact) mass is 376 g/mol. The van der Waals surface area contributed by atoms with Crippen LogP contribution >= 0.6 is 23.6 Å². The van der Waals surface area contributed by atoms with Gasteiger partial charge in [-0.05, 0) is 48.6 Å². The number of benzene rings is 1. The molecule has 8 heteroatoms. The van der Waals surface area contributed by atoms with E-state index in [1.54, 1.807) is 29.7 Å². The lowest BCUT2D eigenvalue weighted by molar-refractivity contribution is -0.123. The summed E-state index contributed by atoms with van der Waals surface area (Å²) in [6.45, 7) is 2.12. The normalized spacial score (nSPS) is 12.1. The fraction of sp³-hybridized carbons (Fsp3) is 0.235. The molecule has 0 saturated heterocycles. The highest BCUT2D eigenvalue weighted by molar-refractivity contribution is 7.71. The van der Waals surface area contributed by atoms with Gasteiger partial charge in [-0.15, -0.1) is 11.3 Å². The Morgan fingerprint density at radius 1 is 1.40 bits per heavy atom. The number of aromatic amines is 1. The number of carbonyl (C=O) groups excluding carboxylic acids is 1. The van der Waals surface area contributed by atoms with Crippen molar-refractivity contribution in [3.8, 4) is 10.7 Å². The number of amides is 1. The molecule has 0 unspecified atom stereocenters. The second-order valence-electron chi connectivity index (χ2n) is 5.51. The van der Waals surface area contributed by atoms with E-state index in [1.807, 2.05) is 17.5 Å². The Hall–Kier alpha value is -2.32. The third-order valence-electron chi connectivity index (χ3n) is 3.86. The van der Waals surface area contributed by atoms with E-state index in [1.165, 1.54) is 17.4 Å². The van der Waals surface area contributed by atoms with E-state index in [-0.39, 0.29) is 11.7 Å². The van der Waals surface area contributed by atoms with Crippen LogP contribution in [0.4, 0.5) is 4.39 Å². The SMILES string of the molecule is C[C@@H](C(=O)NCCc1ccccc1F)n1c(-c2cccs2)n[nH]c1=S. The van der Waals surface area contributed by atoms with Gasteiger partial charge >= 0.3 is 0 Å². The van der Waals surface area contributed by atoms with E-state index >= 15 is 0 Å². The molecule has 1 atom stereocenters. The Morgan fingerprint density at radius 3 is 2.92 bits per heavy atom. The first-order valence-corrected chi connectivity index (χ1v) is 9.08. The van der Waals surface area contributed by atoms with Crippen LogP contribution in [0.15, 0.2) is 41.8 Å².